The van der Waals surface area contributed by atoms with Crippen LogP contribution in [0.15, 0.2) is 295 Å². The summed E-state index contributed by atoms with van der Waals surface area (Å²) in [5, 5.41) is 8.59. The van der Waals surface area contributed by atoms with Crippen LogP contribution in [0.1, 0.15) is 38.3 Å². The molecule has 0 aliphatic rings. The number of thiazole rings is 2. The molecule has 0 unspecified atom stereocenters. The fourth-order valence-electron chi connectivity index (χ4n) is 15.4. The minimum atomic E-state index is -0.526. The van der Waals surface area contributed by atoms with Crippen LogP contribution in [0, 0.1) is 13.8 Å². The lowest BCUT2D eigenvalue weighted by Crippen LogP contribution is -2.29. The number of aromatic nitrogens is 33. The van der Waals surface area contributed by atoms with Crippen LogP contribution in [0.5, 0.6) is 0 Å². The maximum Gasteiger partial charge on any atom is 0.329 e. The van der Waals surface area contributed by atoms with Gasteiger partial charge in [-0.1, -0.05) is 48.5 Å². The molecule has 0 aliphatic heterocycles. The fraction of sp³-hybridized carbons (Fsp3) is 0.135. The Hall–Kier alpha value is -17.0. The summed E-state index contributed by atoms with van der Waals surface area (Å²) in [6.07, 6.45) is 9.50. The van der Waals surface area contributed by atoms with Crippen molar-refractivity contribution in [3.05, 3.63) is 324 Å². The summed E-state index contributed by atoms with van der Waals surface area (Å²) in [4.78, 5) is 210. The van der Waals surface area contributed by atoms with Gasteiger partial charge < -0.3 is 61.0 Å². The number of fused-ring (bicyclic) bond motifs is 10. The van der Waals surface area contributed by atoms with Gasteiger partial charge in [0.1, 0.15) is 22.3 Å². The van der Waals surface area contributed by atoms with Crippen molar-refractivity contribution in [3.63, 3.8) is 0 Å². The Morgan fingerprint density at radius 3 is 0.944 bits per heavy atom. The third kappa shape index (κ3) is 18.2. The monoisotopic (exact) mass is 2030 g/mol. The van der Waals surface area contributed by atoms with Crippen molar-refractivity contribution in [2.45, 2.75) is 98.1 Å². The van der Waals surface area contributed by atoms with E-state index in [0.29, 0.717) is 140 Å². The van der Waals surface area contributed by atoms with Crippen molar-refractivity contribution in [2.24, 2.45) is 35.2 Å². The SMILES string of the molecule is Cc1ccc2nc(Sc3nc4c(c(=O)[nH]c(=O)n4C)n3Cc3ccco3)[nH]c2c1.Cc1ccc2nc(Sc3nc4c(c(=O)[nH]c(=O)n4C)n3Cc3cncs3)[nH]c2c1.Cn1c(=O)[nH]c(=O)c2c1nc(Sc1nc3ccccc3[nH]1)n2Cc1ccco1.Cn1c(=O)[nH]c(=O)c2c1nc(Sc1nc3ccccc3[nH]1)n2Cc1cnco1.Cn1c(=O)[nH]c(=O)c2c1nc(Sc1nc3ccccc3[nH]1)n2Cc1nccs1. The molecule has 5 aromatic carbocycles. The van der Waals surface area contributed by atoms with Gasteiger partial charge in [0.15, 0.2) is 114 Å². The van der Waals surface area contributed by atoms with Crippen LogP contribution in [0.2, 0.25) is 0 Å². The Bertz CT molecular complexity index is 8960. The van der Waals surface area contributed by atoms with Crippen molar-refractivity contribution >= 4 is 192 Å². The van der Waals surface area contributed by atoms with E-state index in [1.54, 1.807) is 107 Å². The number of furan rings is 2. The number of oxazole rings is 1. The van der Waals surface area contributed by atoms with Gasteiger partial charge in [-0.2, -0.15) is 0 Å². The van der Waals surface area contributed by atoms with Gasteiger partial charge in [-0.3, -0.25) is 76.7 Å². The predicted octanol–water partition coefficient (Wildman–Crippen LogP) is 10.2. The Balaban J connectivity index is 0.000000105. The first-order valence-corrected chi connectivity index (χ1v) is 48.4. The average Bonchev–Trinajstić information content (AvgIpc) is 1.63. The molecule has 0 amide bonds. The molecule has 0 saturated heterocycles. The molecule has 25 aromatic rings. The largest absolute Gasteiger partial charge is 0.467 e. The number of imidazole rings is 10. The molecule has 142 heavy (non-hydrogen) atoms. The molecule has 53 heteroatoms. The van der Waals surface area contributed by atoms with Crippen molar-refractivity contribution < 1.29 is 13.3 Å². The molecule has 20 heterocycles. The molecule has 25 rings (SSSR count). The zero-order valence-electron chi connectivity index (χ0n) is 74.8. The number of nitrogens with one attached hydrogen (secondary N) is 10. The van der Waals surface area contributed by atoms with Crippen LogP contribution in [-0.4, -0.2) is 160 Å². The number of aryl methyl sites for hydroxylation is 7. The zero-order valence-corrected chi connectivity index (χ0v) is 80.5. The molecular weight excluding hydrogens is 1960 g/mol. The number of H-pyrrole nitrogens is 10. The van der Waals surface area contributed by atoms with E-state index in [0.717, 1.165) is 76.2 Å². The number of hydrogen-bond acceptors (Lipinski definition) is 33. The number of hydrogen-bond donors (Lipinski definition) is 10. The molecule has 0 saturated carbocycles. The topological polar surface area (TPSA) is 585 Å². The normalized spacial score (nSPS) is 11.6. The van der Waals surface area contributed by atoms with Crippen LogP contribution in [0.25, 0.3) is 111 Å². The van der Waals surface area contributed by atoms with Gasteiger partial charge in [0.05, 0.1) is 112 Å². The Morgan fingerprint density at radius 2 is 0.641 bits per heavy atom. The summed E-state index contributed by atoms with van der Waals surface area (Å²) in [7, 11) is 7.87. The maximum atomic E-state index is 12.6. The predicted molar refractivity (Wildman–Crippen MR) is 532 cm³/mol. The van der Waals surface area contributed by atoms with Gasteiger partial charge in [0.2, 0.25) is 0 Å². The highest BCUT2D eigenvalue weighted by atomic mass is 32.2. The average molecular weight is 2040 g/mol. The van der Waals surface area contributed by atoms with Crippen molar-refractivity contribution in [1.82, 2.24) is 160 Å². The highest BCUT2D eigenvalue weighted by Gasteiger charge is 2.28. The number of aromatic amines is 10. The van der Waals surface area contributed by atoms with Gasteiger partial charge in [-0.15, -0.1) is 22.7 Å². The van der Waals surface area contributed by atoms with E-state index in [1.165, 1.54) is 111 Å². The molecule has 10 N–H and O–H groups in total. The number of benzene rings is 5. The Kier molecular flexibility index (Phi) is 24.5. The number of nitrogens with zero attached hydrogens (tertiary/aromatic N) is 23. The second-order valence-corrected chi connectivity index (χ2v) is 38.4. The van der Waals surface area contributed by atoms with Gasteiger partial charge in [-0.05, 0) is 169 Å². The molecule has 0 spiro atoms. The first kappa shape index (κ1) is 91.4. The van der Waals surface area contributed by atoms with Crippen LogP contribution in [0.3, 0.4) is 0 Å². The van der Waals surface area contributed by atoms with E-state index in [9.17, 15) is 47.9 Å². The molecule has 0 radical (unpaired) electrons. The molecular formula is C89H71N33O13S7. The van der Waals surface area contributed by atoms with Crippen LogP contribution in [-0.2, 0) is 68.0 Å². The smallest absolute Gasteiger partial charge is 0.329 e. The zero-order chi connectivity index (χ0) is 98.0. The summed E-state index contributed by atoms with van der Waals surface area (Å²) in [5.41, 5.74) is 10.9. The van der Waals surface area contributed by atoms with E-state index >= 15 is 0 Å². The fourth-order valence-corrected chi connectivity index (χ4v) is 21.0. The summed E-state index contributed by atoms with van der Waals surface area (Å²) < 4.78 is 31.5. The molecule has 0 fully saturated rings. The Morgan fingerprint density at radius 1 is 0.317 bits per heavy atom. The summed E-state index contributed by atoms with van der Waals surface area (Å²) in [6, 6.07) is 42.2. The van der Waals surface area contributed by atoms with E-state index in [2.05, 4.69) is 115 Å². The number of rotatable bonds is 20. The van der Waals surface area contributed by atoms with E-state index in [4.69, 9.17) is 13.3 Å². The van der Waals surface area contributed by atoms with Crippen LogP contribution < -0.4 is 56.2 Å². The lowest BCUT2D eigenvalue weighted by Gasteiger charge is -2.05. The molecule has 20 aromatic heterocycles. The van der Waals surface area contributed by atoms with Crippen LogP contribution in [0.4, 0.5) is 0 Å². The van der Waals surface area contributed by atoms with E-state index in [-0.39, 0.29) is 17.7 Å². The first-order valence-electron chi connectivity index (χ1n) is 42.6. The van der Waals surface area contributed by atoms with Gasteiger partial charge >= 0.3 is 28.4 Å². The summed E-state index contributed by atoms with van der Waals surface area (Å²) >= 11 is 9.45. The minimum Gasteiger partial charge on any atom is -0.467 e. The summed E-state index contributed by atoms with van der Waals surface area (Å²) in [6.45, 7) is 5.67. The summed E-state index contributed by atoms with van der Waals surface area (Å²) in [5.74, 6) is 1.89. The molecule has 0 atom stereocenters. The van der Waals surface area contributed by atoms with Gasteiger partial charge in [0, 0.05) is 57.9 Å². The highest BCUT2D eigenvalue weighted by molar-refractivity contribution is 8.00. The minimum absolute atomic E-state index is 0.236. The molecule has 712 valence electrons. The van der Waals surface area contributed by atoms with Crippen molar-refractivity contribution in [2.75, 3.05) is 0 Å². The maximum absolute atomic E-state index is 12.6. The van der Waals surface area contributed by atoms with Crippen LogP contribution >= 0.6 is 81.5 Å². The molecule has 0 aliphatic carbocycles. The Labute approximate surface area is 818 Å². The second kappa shape index (κ2) is 38.1. The second-order valence-electron chi connectivity index (χ2n) is 31.7. The quantitative estimate of drug-likeness (QED) is 0.0339. The lowest BCUT2D eigenvalue weighted by molar-refractivity contribution is 0.483. The molecule has 46 nitrogen and oxygen atoms in total. The number of para-hydroxylation sites is 6. The van der Waals surface area contributed by atoms with E-state index < -0.39 is 56.2 Å². The molecule has 0 bridgehead atoms. The van der Waals surface area contributed by atoms with Crippen molar-refractivity contribution in [3.8, 4) is 0 Å². The highest BCUT2D eigenvalue weighted by Crippen LogP contribution is 2.37. The van der Waals surface area contributed by atoms with E-state index in [1.807, 2.05) is 141 Å². The third-order valence-corrected chi connectivity index (χ3v) is 28.2. The van der Waals surface area contributed by atoms with Crippen molar-refractivity contribution in [1.29, 1.82) is 0 Å². The first-order chi connectivity index (χ1) is 68.8. The van der Waals surface area contributed by atoms with Gasteiger partial charge in [0.25, 0.3) is 27.8 Å². The van der Waals surface area contributed by atoms with Gasteiger partial charge in [-0.25, -0.2) is 83.8 Å². The standard InChI is InChI=1S/C19H16N6O3S.C18H15N7O2S2.C18H14N6O3S.C17H13N7O3S.C17H13N7O2S2/c1-10-5-6-12-13(8-10)21-17(20-12)29-19-22-15-14(16(26)23-18(27)24(15)2)25(19)9-11-4-3-7-28-11;1-9-3-4-11-12(5-9)21-16(20-11)29-18-22-14-13(15(26)23-17(27)24(14)2)25(18)7-10-6-19-8-28-10;1-23-14-13(15(25)22-17(23)26)24(9-10-5-4-8-27-10)18(21-14)28-16-19-11-6-2-3-7-12(11)20-16;1-23-13-12(14(25)22-16(23)26)24(7-9-6-18-8-27-9)17(21-13)28-15-19-10-4-2-3-5-11(10)20-15;1-23-13-12(14(25)22-16(23)26)24(8-11-18-6-7-27-11)17(21-13)28-15-19-9-4-2-3-5-10(9)20-15/h3-8H,9H2,1-2H3,(H,20,21)(H,23,26,27);3-6,8H,7H2,1-2H3,(H,20,21)(H,23,26,27);2-8H,9H2,1H3,(H,19,20)(H,22,25,26);2-6,8H,7H2,1H3,(H,19,20)(H,22,25,26);2-7H,8H2,1H3,(H,19,20)(H,22,25,26). The third-order valence-electron chi connectivity index (χ3n) is 22.3. The lowest BCUT2D eigenvalue weighted by atomic mass is 10.2.